The maximum Gasteiger partial charge on any atom is 0.195 e. The van der Waals surface area contributed by atoms with Crippen molar-refractivity contribution in [3.63, 3.8) is 0 Å². The summed E-state index contributed by atoms with van der Waals surface area (Å²) >= 11 is 2.85. The molecule has 1 rings (SSSR count). The molecule has 1 aromatic carbocycles. The van der Waals surface area contributed by atoms with E-state index < -0.39 is 17.3 Å². The molecule has 4 N–H and O–H groups in total. The van der Waals surface area contributed by atoms with Gasteiger partial charge >= 0.3 is 0 Å². The molecule has 72 valence electrons. The number of hydroxylamine groups is 1. The van der Waals surface area contributed by atoms with E-state index in [9.17, 15) is 9.50 Å². The van der Waals surface area contributed by atoms with Crippen LogP contribution in [0, 0.1) is 5.82 Å². The number of hydrogen-bond donors (Lipinski definition) is 4. The standard InChI is InChI=1S/C7H7BrFNO3/c8-4-1-3(2-10-13)6(11)7(12)5(4)9/h1,10-13H,2H2. The minimum Gasteiger partial charge on any atom is -0.504 e. The van der Waals surface area contributed by atoms with Crippen molar-refractivity contribution < 1.29 is 19.8 Å². The third-order valence-corrected chi connectivity index (χ3v) is 2.09. The van der Waals surface area contributed by atoms with E-state index in [1.807, 2.05) is 0 Å². The second-order valence-electron chi connectivity index (χ2n) is 2.36. The van der Waals surface area contributed by atoms with Crippen LogP contribution in [0.3, 0.4) is 0 Å². The zero-order chi connectivity index (χ0) is 10.0. The molecule has 0 heterocycles. The molecule has 0 saturated heterocycles. The largest absolute Gasteiger partial charge is 0.504 e. The highest BCUT2D eigenvalue weighted by atomic mass is 79.9. The van der Waals surface area contributed by atoms with Crippen LogP contribution in [0.2, 0.25) is 0 Å². The van der Waals surface area contributed by atoms with Crippen molar-refractivity contribution >= 4 is 15.9 Å². The normalized spacial score (nSPS) is 10.4. The van der Waals surface area contributed by atoms with E-state index in [4.69, 9.17) is 10.3 Å². The van der Waals surface area contributed by atoms with E-state index in [1.165, 1.54) is 6.07 Å². The lowest BCUT2D eigenvalue weighted by molar-refractivity contribution is 0.160. The first kappa shape index (κ1) is 10.2. The number of aromatic hydroxyl groups is 2. The lowest BCUT2D eigenvalue weighted by atomic mass is 10.2. The number of hydrogen-bond acceptors (Lipinski definition) is 4. The number of nitrogens with one attached hydrogen (secondary N) is 1. The van der Waals surface area contributed by atoms with E-state index in [0.29, 0.717) is 0 Å². The highest BCUT2D eigenvalue weighted by molar-refractivity contribution is 9.10. The average molecular weight is 252 g/mol. The maximum absolute atomic E-state index is 12.9. The van der Waals surface area contributed by atoms with Crippen LogP contribution < -0.4 is 5.48 Å². The molecule has 4 nitrogen and oxygen atoms in total. The monoisotopic (exact) mass is 251 g/mol. The Labute approximate surface area is 81.7 Å². The molecule has 0 unspecified atom stereocenters. The van der Waals surface area contributed by atoms with Gasteiger partial charge in [-0.2, -0.15) is 0 Å². The van der Waals surface area contributed by atoms with Crippen LogP contribution in [0.1, 0.15) is 5.56 Å². The van der Waals surface area contributed by atoms with Crippen LogP contribution in [0.15, 0.2) is 10.5 Å². The third kappa shape index (κ3) is 1.90. The molecule has 0 radical (unpaired) electrons. The van der Waals surface area contributed by atoms with E-state index in [1.54, 1.807) is 5.48 Å². The minimum absolute atomic E-state index is 0.0213. The van der Waals surface area contributed by atoms with Gasteiger partial charge in [-0.3, -0.25) is 0 Å². The Morgan fingerprint density at radius 2 is 2.00 bits per heavy atom. The Kier molecular flexibility index (Phi) is 3.07. The second-order valence-corrected chi connectivity index (χ2v) is 3.22. The summed E-state index contributed by atoms with van der Waals surface area (Å²) in [5, 5.41) is 26.5. The van der Waals surface area contributed by atoms with Crippen molar-refractivity contribution in [2.75, 3.05) is 0 Å². The lowest BCUT2D eigenvalue weighted by Crippen LogP contribution is -2.06. The summed E-state index contributed by atoms with van der Waals surface area (Å²) < 4.78 is 12.9. The van der Waals surface area contributed by atoms with Gasteiger partial charge in [-0.1, -0.05) is 0 Å². The quantitative estimate of drug-likeness (QED) is 0.475. The average Bonchev–Trinajstić information content (AvgIpc) is 2.11. The summed E-state index contributed by atoms with van der Waals surface area (Å²) in [6.45, 7) is -0.0850. The second kappa shape index (κ2) is 3.91. The van der Waals surface area contributed by atoms with E-state index >= 15 is 0 Å². The molecule has 0 aliphatic rings. The molecule has 0 bridgehead atoms. The molecule has 0 aliphatic heterocycles. The highest BCUT2D eigenvalue weighted by Crippen LogP contribution is 2.36. The first-order valence-corrected chi connectivity index (χ1v) is 4.13. The molecule has 1 aromatic rings. The Morgan fingerprint density at radius 1 is 1.38 bits per heavy atom. The first-order chi connectivity index (χ1) is 6.07. The van der Waals surface area contributed by atoms with Crippen LogP contribution >= 0.6 is 15.9 Å². The van der Waals surface area contributed by atoms with Crippen LogP contribution in [0.5, 0.6) is 11.5 Å². The van der Waals surface area contributed by atoms with E-state index in [-0.39, 0.29) is 16.6 Å². The van der Waals surface area contributed by atoms with Gasteiger partial charge in [0.15, 0.2) is 17.3 Å². The van der Waals surface area contributed by atoms with Crippen LogP contribution in [0.4, 0.5) is 4.39 Å². The van der Waals surface area contributed by atoms with Crippen molar-refractivity contribution in [3.05, 3.63) is 21.9 Å². The molecule has 0 aromatic heterocycles. The van der Waals surface area contributed by atoms with Gasteiger partial charge in [0.2, 0.25) is 0 Å². The van der Waals surface area contributed by atoms with Gasteiger partial charge in [-0.25, -0.2) is 9.87 Å². The van der Waals surface area contributed by atoms with Crippen molar-refractivity contribution in [1.29, 1.82) is 0 Å². The van der Waals surface area contributed by atoms with Crippen LogP contribution in [-0.4, -0.2) is 15.4 Å². The lowest BCUT2D eigenvalue weighted by Gasteiger charge is -2.07. The van der Waals surface area contributed by atoms with Crippen molar-refractivity contribution in [2.45, 2.75) is 6.54 Å². The predicted molar refractivity (Wildman–Crippen MR) is 46.1 cm³/mol. The number of phenolic OH excluding ortho intramolecular Hbond substituents is 2. The summed E-state index contributed by atoms with van der Waals surface area (Å²) in [5.74, 6) is -2.35. The fourth-order valence-electron chi connectivity index (χ4n) is 0.874. The van der Waals surface area contributed by atoms with Gasteiger partial charge in [0.05, 0.1) is 4.47 Å². The number of benzene rings is 1. The molecular weight excluding hydrogens is 245 g/mol. The highest BCUT2D eigenvalue weighted by Gasteiger charge is 2.15. The molecule has 0 saturated carbocycles. The Balaban J connectivity index is 3.24. The van der Waals surface area contributed by atoms with Gasteiger partial charge in [-0.15, -0.1) is 0 Å². The molecule has 0 spiro atoms. The van der Waals surface area contributed by atoms with Crippen LogP contribution in [0.25, 0.3) is 0 Å². The molecule has 0 amide bonds. The molecule has 0 atom stereocenters. The molecule has 0 aliphatic carbocycles. The summed E-state index contributed by atoms with van der Waals surface area (Å²) in [7, 11) is 0. The summed E-state index contributed by atoms with van der Waals surface area (Å²) in [4.78, 5) is 0. The predicted octanol–water partition coefficient (Wildman–Crippen LogP) is 1.48. The fourth-order valence-corrected chi connectivity index (χ4v) is 1.34. The van der Waals surface area contributed by atoms with Gasteiger partial charge in [-0.05, 0) is 22.0 Å². The van der Waals surface area contributed by atoms with Gasteiger partial charge in [0.1, 0.15) is 0 Å². The number of phenols is 2. The summed E-state index contributed by atoms with van der Waals surface area (Å²) in [6, 6.07) is 1.26. The van der Waals surface area contributed by atoms with Gasteiger partial charge in [0.25, 0.3) is 0 Å². The SMILES string of the molecule is ONCc1cc(Br)c(F)c(O)c1O. The van der Waals surface area contributed by atoms with Crippen molar-refractivity contribution in [3.8, 4) is 11.5 Å². The van der Waals surface area contributed by atoms with Gasteiger partial charge < -0.3 is 15.4 Å². The topological polar surface area (TPSA) is 72.7 Å². The van der Waals surface area contributed by atoms with Crippen molar-refractivity contribution in [1.82, 2.24) is 5.48 Å². The van der Waals surface area contributed by atoms with Gasteiger partial charge in [0, 0.05) is 12.1 Å². The summed E-state index contributed by atoms with van der Waals surface area (Å²) in [6.07, 6.45) is 0. The Bertz CT molecular complexity index is 332. The molecule has 0 fully saturated rings. The number of rotatable bonds is 2. The zero-order valence-corrected chi connectivity index (χ0v) is 7.97. The maximum atomic E-state index is 12.9. The molecular formula is C7H7BrFNO3. The van der Waals surface area contributed by atoms with Crippen LogP contribution in [-0.2, 0) is 6.54 Å². The first-order valence-electron chi connectivity index (χ1n) is 3.33. The number of halogens is 2. The zero-order valence-electron chi connectivity index (χ0n) is 6.38. The third-order valence-electron chi connectivity index (χ3n) is 1.52. The minimum atomic E-state index is -0.931. The fraction of sp³-hybridized carbons (Fsp3) is 0.143. The molecule has 13 heavy (non-hydrogen) atoms. The molecule has 6 heteroatoms. The Morgan fingerprint density at radius 3 is 2.54 bits per heavy atom. The van der Waals surface area contributed by atoms with E-state index in [0.717, 1.165) is 0 Å². The van der Waals surface area contributed by atoms with E-state index in [2.05, 4.69) is 15.9 Å². The smallest absolute Gasteiger partial charge is 0.195 e. The Hall–Kier alpha value is -0.850. The summed E-state index contributed by atoms with van der Waals surface area (Å²) in [5.41, 5.74) is 1.97. The van der Waals surface area contributed by atoms with Crippen molar-refractivity contribution in [2.24, 2.45) is 0 Å².